The molecule has 0 aliphatic rings. The number of benzene rings is 1. The Morgan fingerprint density at radius 2 is 2.18 bits per heavy atom. The lowest BCUT2D eigenvalue weighted by molar-refractivity contribution is 1.31. The van der Waals surface area contributed by atoms with E-state index in [4.69, 9.17) is 0 Å². The van der Waals surface area contributed by atoms with Gasteiger partial charge in [-0.2, -0.15) is 0 Å². The Morgan fingerprint density at radius 1 is 1.36 bits per heavy atom. The zero-order valence-corrected chi connectivity index (χ0v) is 9.24. The van der Waals surface area contributed by atoms with Gasteiger partial charge in [-0.25, -0.2) is 4.98 Å². The monoisotopic (exact) mass is 293 g/mol. The first-order valence-electron chi connectivity index (χ1n) is 3.04. The third-order valence-corrected chi connectivity index (χ3v) is 5.04. The number of halogens is 1. The van der Waals surface area contributed by atoms with E-state index in [-0.39, 0.29) is 0 Å². The second kappa shape index (κ2) is 3.28. The highest BCUT2D eigenvalue weighted by Crippen LogP contribution is 2.32. The number of aromatic nitrogens is 1. The van der Waals surface area contributed by atoms with Gasteiger partial charge >= 0.3 is 0 Å². The van der Waals surface area contributed by atoms with Crippen LogP contribution in [0.4, 0.5) is 0 Å². The number of para-hydroxylation sites is 1. The van der Waals surface area contributed by atoms with Gasteiger partial charge in [-0.05, 0) is 21.1 Å². The number of nitrogens with zero attached hydrogens (tertiary/aromatic N) is 1. The third-order valence-electron chi connectivity index (χ3n) is 1.34. The van der Waals surface area contributed by atoms with Crippen molar-refractivity contribution in [3.63, 3.8) is 0 Å². The van der Waals surface area contributed by atoms with Crippen molar-refractivity contribution in [2.45, 2.75) is 4.34 Å². The van der Waals surface area contributed by atoms with Crippen LogP contribution in [-0.2, 0) is 0 Å². The summed E-state index contributed by atoms with van der Waals surface area (Å²) >= 11 is 3.99. The molecule has 56 valence electrons. The van der Waals surface area contributed by atoms with Crippen molar-refractivity contribution >= 4 is 51.7 Å². The number of hydrogen-bond donors (Lipinski definition) is 0. The molecule has 0 saturated heterocycles. The van der Waals surface area contributed by atoms with E-state index in [1.54, 1.807) is 20.3 Å². The van der Waals surface area contributed by atoms with Crippen LogP contribution >= 0.6 is 41.5 Å². The summed E-state index contributed by atoms with van der Waals surface area (Å²) in [7, 11) is 1.67. The molecule has 1 aromatic carbocycles. The standard InChI is InChI=1S/C7H4INS2/c8-11-7-9-5-3-1-2-4-6(5)10-7/h1-4H. The highest BCUT2D eigenvalue weighted by atomic mass is 127. The van der Waals surface area contributed by atoms with Crippen molar-refractivity contribution in [1.29, 1.82) is 0 Å². The summed E-state index contributed by atoms with van der Waals surface area (Å²) in [4.78, 5) is 4.41. The quantitative estimate of drug-likeness (QED) is 0.743. The minimum Gasteiger partial charge on any atom is -0.229 e. The fourth-order valence-corrected chi connectivity index (χ4v) is 3.21. The van der Waals surface area contributed by atoms with Crippen molar-refractivity contribution in [3.05, 3.63) is 24.3 Å². The van der Waals surface area contributed by atoms with Crippen LogP contribution in [-0.4, -0.2) is 4.98 Å². The molecule has 0 bridgehead atoms. The molecule has 0 atom stereocenters. The van der Waals surface area contributed by atoms with Gasteiger partial charge in [0.25, 0.3) is 0 Å². The van der Waals surface area contributed by atoms with E-state index in [1.807, 2.05) is 18.2 Å². The second-order valence-corrected chi connectivity index (χ2v) is 5.18. The summed E-state index contributed by atoms with van der Waals surface area (Å²) < 4.78 is 2.40. The van der Waals surface area contributed by atoms with Gasteiger partial charge in [0.1, 0.15) is 0 Å². The smallest absolute Gasteiger partial charge is 0.161 e. The van der Waals surface area contributed by atoms with Gasteiger partial charge in [0.2, 0.25) is 0 Å². The normalized spacial score (nSPS) is 10.6. The van der Waals surface area contributed by atoms with Gasteiger partial charge in [-0.3, -0.25) is 0 Å². The zero-order chi connectivity index (χ0) is 7.68. The minimum absolute atomic E-state index is 1.11. The van der Waals surface area contributed by atoms with E-state index in [0.29, 0.717) is 0 Å². The summed E-state index contributed by atoms with van der Waals surface area (Å²) in [5, 5.41) is 0. The Hall–Kier alpha value is 0.190. The van der Waals surface area contributed by atoms with E-state index in [9.17, 15) is 0 Å². The lowest BCUT2D eigenvalue weighted by Crippen LogP contribution is -1.63. The highest BCUT2D eigenvalue weighted by Gasteiger charge is 2.00. The molecule has 0 fully saturated rings. The molecule has 0 unspecified atom stereocenters. The number of rotatable bonds is 1. The molecule has 1 aromatic heterocycles. The topological polar surface area (TPSA) is 12.9 Å². The zero-order valence-electron chi connectivity index (χ0n) is 5.45. The molecule has 0 N–H and O–H groups in total. The van der Waals surface area contributed by atoms with Crippen LogP contribution in [0.15, 0.2) is 28.6 Å². The maximum absolute atomic E-state index is 4.41. The van der Waals surface area contributed by atoms with Crippen LogP contribution in [0.5, 0.6) is 0 Å². The number of fused-ring (bicyclic) bond motifs is 1. The Morgan fingerprint density at radius 3 is 2.91 bits per heavy atom. The van der Waals surface area contributed by atoms with Crippen LogP contribution in [0.1, 0.15) is 0 Å². The molecule has 0 saturated carbocycles. The molecular formula is C7H4INS2. The van der Waals surface area contributed by atoms with E-state index in [1.165, 1.54) is 4.70 Å². The lowest BCUT2D eigenvalue weighted by Gasteiger charge is -1.80. The molecule has 0 aliphatic carbocycles. The molecular weight excluding hydrogens is 289 g/mol. The average Bonchev–Trinajstić information content (AvgIpc) is 2.46. The molecule has 0 amide bonds. The predicted molar refractivity (Wildman–Crippen MR) is 59.5 cm³/mol. The van der Waals surface area contributed by atoms with Gasteiger partial charge in [0.15, 0.2) is 4.34 Å². The first kappa shape index (κ1) is 7.82. The van der Waals surface area contributed by atoms with Gasteiger partial charge in [0, 0.05) is 21.2 Å². The second-order valence-electron chi connectivity index (χ2n) is 2.02. The Kier molecular flexibility index (Phi) is 2.33. The van der Waals surface area contributed by atoms with E-state index in [0.717, 1.165) is 9.86 Å². The minimum atomic E-state index is 1.11. The van der Waals surface area contributed by atoms with Gasteiger partial charge in [-0.1, -0.05) is 12.1 Å². The molecule has 2 rings (SSSR count). The van der Waals surface area contributed by atoms with Crippen molar-refractivity contribution in [1.82, 2.24) is 4.98 Å². The molecule has 0 spiro atoms. The average molecular weight is 293 g/mol. The third kappa shape index (κ3) is 1.52. The van der Waals surface area contributed by atoms with Gasteiger partial charge in [0.05, 0.1) is 10.2 Å². The van der Waals surface area contributed by atoms with E-state index >= 15 is 0 Å². The molecule has 0 radical (unpaired) electrons. The fourth-order valence-electron chi connectivity index (χ4n) is 0.884. The fraction of sp³-hybridized carbons (Fsp3) is 0. The van der Waals surface area contributed by atoms with Crippen molar-refractivity contribution in [2.24, 2.45) is 0 Å². The maximum atomic E-state index is 4.41. The summed E-state index contributed by atoms with van der Waals surface area (Å²) in [6.07, 6.45) is 0. The summed E-state index contributed by atoms with van der Waals surface area (Å²) in [6, 6.07) is 8.21. The van der Waals surface area contributed by atoms with E-state index in [2.05, 4.69) is 32.3 Å². The summed E-state index contributed by atoms with van der Waals surface area (Å²) in [5.41, 5.74) is 1.11. The largest absolute Gasteiger partial charge is 0.229 e. The molecule has 1 nitrogen and oxygen atoms in total. The van der Waals surface area contributed by atoms with Crippen LogP contribution in [0.2, 0.25) is 0 Å². The van der Waals surface area contributed by atoms with Crippen LogP contribution in [0.25, 0.3) is 10.2 Å². The molecule has 11 heavy (non-hydrogen) atoms. The van der Waals surface area contributed by atoms with Crippen LogP contribution < -0.4 is 0 Å². The van der Waals surface area contributed by atoms with Gasteiger partial charge in [-0.15, -0.1) is 11.3 Å². The number of hydrogen-bond acceptors (Lipinski definition) is 3. The van der Waals surface area contributed by atoms with Crippen LogP contribution in [0.3, 0.4) is 0 Å². The maximum Gasteiger partial charge on any atom is 0.161 e. The van der Waals surface area contributed by atoms with Crippen molar-refractivity contribution in [3.8, 4) is 0 Å². The Balaban J connectivity index is 2.69. The van der Waals surface area contributed by atoms with Crippen molar-refractivity contribution in [2.75, 3.05) is 0 Å². The first-order valence-corrected chi connectivity index (χ1v) is 7.22. The van der Waals surface area contributed by atoms with E-state index < -0.39 is 0 Å². The lowest BCUT2D eigenvalue weighted by atomic mass is 10.3. The first-order chi connectivity index (χ1) is 5.40. The summed E-state index contributed by atoms with van der Waals surface area (Å²) in [5.74, 6) is 0. The van der Waals surface area contributed by atoms with Crippen LogP contribution in [0, 0.1) is 0 Å². The SMILES string of the molecule is ISc1nc2ccccc2s1. The predicted octanol–water partition coefficient (Wildman–Crippen LogP) is 3.74. The highest BCUT2D eigenvalue weighted by molar-refractivity contribution is 14.2. The number of thiazole rings is 1. The Labute approximate surface area is 84.8 Å². The summed E-state index contributed by atoms with van der Waals surface area (Å²) in [6.45, 7) is 0. The molecule has 0 aliphatic heterocycles. The molecule has 1 heterocycles. The molecule has 4 heteroatoms. The van der Waals surface area contributed by atoms with Gasteiger partial charge < -0.3 is 0 Å². The Bertz CT molecular complexity index is 338. The molecule has 2 aromatic rings. The van der Waals surface area contributed by atoms with Crippen molar-refractivity contribution < 1.29 is 0 Å².